The molecule has 5 nitrogen and oxygen atoms in total. The molecule has 1 saturated heterocycles. The van der Waals surface area contributed by atoms with Gasteiger partial charge < -0.3 is 14.7 Å². The van der Waals surface area contributed by atoms with Crippen molar-refractivity contribution in [3.05, 3.63) is 53.4 Å². The van der Waals surface area contributed by atoms with Crippen LogP contribution in [0.25, 0.3) is 0 Å². The number of nitrogens with one attached hydrogen (secondary N) is 1. The van der Waals surface area contributed by atoms with Crippen LogP contribution in [0.4, 0.5) is 0 Å². The number of rotatable bonds is 4. The number of carbonyl (C=O) groups excluding carboxylic acids is 1. The monoisotopic (exact) mass is 313 g/mol. The fourth-order valence-electron chi connectivity index (χ4n) is 2.93. The Morgan fingerprint density at radius 1 is 1.39 bits per heavy atom. The molecule has 1 aromatic heterocycles. The van der Waals surface area contributed by atoms with E-state index in [-0.39, 0.29) is 11.9 Å². The Bertz CT molecular complexity index is 651. The lowest BCUT2D eigenvalue weighted by Gasteiger charge is -2.33. The second-order valence-electron chi connectivity index (χ2n) is 6.45. The van der Waals surface area contributed by atoms with Gasteiger partial charge >= 0.3 is 0 Å². The zero-order valence-corrected chi connectivity index (χ0v) is 13.7. The van der Waals surface area contributed by atoms with E-state index in [1.54, 1.807) is 6.07 Å². The zero-order valence-electron chi connectivity index (χ0n) is 13.7. The van der Waals surface area contributed by atoms with Crippen molar-refractivity contribution in [3.8, 4) is 0 Å². The Labute approximate surface area is 136 Å². The average Bonchev–Trinajstić information content (AvgIpc) is 3.03. The Balaban J connectivity index is 1.68. The van der Waals surface area contributed by atoms with Gasteiger partial charge in [0.15, 0.2) is 0 Å². The molecule has 0 spiro atoms. The first-order chi connectivity index (χ1) is 11.1. The summed E-state index contributed by atoms with van der Waals surface area (Å²) in [5, 5.41) is 7.47. The summed E-state index contributed by atoms with van der Waals surface area (Å²) in [6, 6.07) is 12.1. The lowest BCUT2D eigenvalue weighted by atomic mass is 10.0. The maximum Gasteiger partial charge on any atom is 0.292 e. The number of aromatic nitrogens is 1. The fourth-order valence-corrected chi connectivity index (χ4v) is 2.93. The minimum Gasteiger partial charge on any atom is -0.351 e. The number of hydrogen-bond donors (Lipinski definition) is 1. The number of carbonyl (C=O) groups is 1. The topological polar surface area (TPSA) is 58.4 Å². The lowest BCUT2D eigenvalue weighted by molar-refractivity contribution is 0.0661. The molecule has 0 saturated carbocycles. The van der Waals surface area contributed by atoms with E-state index in [9.17, 15) is 4.79 Å². The molecular formula is C18H23N3O2. The van der Waals surface area contributed by atoms with Crippen LogP contribution in [0.3, 0.4) is 0 Å². The summed E-state index contributed by atoms with van der Waals surface area (Å²) in [6.07, 6.45) is 0.824. The maximum atomic E-state index is 12.6. The number of hydrogen-bond acceptors (Lipinski definition) is 4. The van der Waals surface area contributed by atoms with Gasteiger partial charge in [0.05, 0.1) is 5.69 Å². The average molecular weight is 313 g/mol. The SMILES string of the molecule is CC(C)Cc1cc(C(=O)N2CCN[C@@H](c3ccccc3)C2)on1. The molecule has 2 aromatic rings. The molecule has 0 unspecified atom stereocenters. The van der Waals surface area contributed by atoms with Gasteiger partial charge in [0, 0.05) is 31.7 Å². The highest BCUT2D eigenvalue weighted by Crippen LogP contribution is 2.19. The van der Waals surface area contributed by atoms with Gasteiger partial charge in [-0.25, -0.2) is 0 Å². The molecule has 0 bridgehead atoms. The van der Waals surface area contributed by atoms with Crippen LogP contribution in [0.1, 0.15) is 41.7 Å². The third-order valence-electron chi connectivity index (χ3n) is 4.05. The summed E-state index contributed by atoms with van der Waals surface area (Å²) in [6.45, 7) is 6.34. The van der Waals surface area contributed by atoms with Gasteiger partial charge in [-0.05, 0) is 17.9 Å². The highest BCUT2D eigenvalue weighted by Gasteiger charge is 2.27. The number of nitrogens with zero attached hydrogens (tertiary/aromatic N) is 2. The Kier molecular flexibility index (Phi) is 4.76. The van der Waals surface area contributed by atoms with Crippen LogP contribution in [-0.4, -0.2) is 35.6 Å². The normalized spacial score (nSPS) is 18.4. The Morgan fingerprint density at radius 3 is 2.91 bits per heavy atom. The highest BCUT2D eigenvalue weighted by molar-refractivity contribution is 5.91. The molecule has 3 rings (SSSR count). The standard InChI is InChI=1S/C18H23N3O2/c1-13(2)10-15-11-17(23-20-15)18(22)21-9-8-19-16(12-21)14-6-4-3-5-7-14/h3-7,11,13,16,19H,8-10,12H2,1-2H3/t16-/m1/s1. The van der Waals surface area contributed by atoms with Gasteiger partial charge in [-0.3, -0.25) is 4.79 Å². The summed E-state index contributed by atoms with van der Waals surface area (Å²) in [4.78, 5) is 14.5. The fraction of sp³-hybridized carbons (Fsp3) is 0.444. The second-order valence-corrected chi connectivity index (χ2v) is 6.45. The van der Waals surface area contributed by atoms with Crippen LogP contribution in [-0.2, 0) is 6.42 Å². The molecule has 1 amide bonds. The van der Waals surface area contributed by atoms with E-state index in [0.29, 0.717) is 24.8 Å². The molecule has 1 aromatic carbocycles. The molecule has 1 N–H and O–H groups in total. The van der Waals surface area contributed by atoms with Gasteiger partial charge in [0.25, 0.3) is 5.91 Å². The van der Waals surface area contributed by atoms with E-state index in [1.165, 1.54) is 5.56 Å². The number of benzene rings is 1. The summed E-state index contributed by atoms with van der Waals surface area (Å²) in [7, 11) is 0. The van der Waals surface area contributed by atoms with Crippen molar-refractivity contribution >= 4 is 5.91 Å². The van der Waals surface area contributed by atoms with Crippen molar-refractivity contribution in [1.82, 2.24) is 15.4 Å². The van der Waals surface area contributed by atoms with Crippen LogP contribution in [0.15, 0.2) is 40.9 Å². The van der Waals surface area contributed by atoms with Crippen molar-refractivity contribution < 1.29 is 9.32 Å². The molecular weight excluding hydrogens is 290 g/mol. The molecule has 1 aliphatic rings. The van der Waals surface area contributed by atoms with Crippen LogP contribution in [0.2, 0.25) is 0 Å². The van der Waals surface area contributed by atoms with Gasteiger partial charge in [-0.15, -0.1) is 0 Å². The van der Waals surface area contributed by atoms with Crippen LogP contribution < -0.4 is 5.32 Å². The van der Waals surface area contributed by atoms with Crippen LogP contribution >= 0.6 is 0 Å². The van der Waals surface area contributed by atoms with E-state index < -0.39 is 0 Å². The first-order valence-electron chi connectivity index (χ1n) is 8.16. The smallest absolute Gasteiger partial charge is 0.292 e. The first-order valence-corrected chi connectivity index (χ1v) is 8.16. The summed E-state index contributed by atoms with van der Waals surface area (Å²) < 4.78 is 5.26. The van der Waals surface area contributed by atoms with Crippen molar-refractivity contribution in [1.29, 1.82) is 0 Å². The van der Waals surface area contributed by atoms with E-state index in [1.807, 2.05) is 23.1 Å². The molecule has 1 fully saturated rings. The summed E-state index contributed by atoms with van der Waals surface area (Å²) in [5.41, 5.74) is 2.04. The Hall–Kier alpha value is -2.14. The third kappa shape index (κ3) is 3.79. The number of piperazine rings is 1. The molecule has 0 radical (unpaired) electrons. The van der Waals surface area contributed by atoms with Crippen molar-refractivity contribution in [3.63, 3.8) is 0 Å². The largest absolute Gasteiger partial charge is 0.351 e. The van der Waals surface area contributed by atoms with E-state index in [4.69, 9.17) is 4.52 Å². The molecule has 23 heavy (non-hydrogen) atoms. The van der Waals surface area contributed by atoms with E-state index in [2.05, 4.69) is 36.5 Å². The molecule has 5 heteroatoms. The van der Waals surface area contributed by atoms with Gasteiger partial charge in [0.1, 0.15) is 0 Å². The van der Waals surface area contributed by atoms with Crippen molar-refractivity contribution in [2.24, 2.45) is 5.92 Å². The summed E-state index contributed by atoms with van der Waals surface area (Å²) >= 11 is 0. The van der Waals surface area contributed by atoms with Gasteiger partial charge in [-0.2, -0.15) is 0 Å². The molecule has 0 aliphatic carbocycles. The number of amides is 1. The minimum atomic E-state index is -0.0741. The van der Waals surface area contributed by atoms with Gasteiger partial charge in [0.2, 0.25) is 5.76 Å². The van der Waals surface area contributed by atoms with Crippen LogP contribution in [0, 0.1) is 5.92 Å². The Morgan fingerprint density at radius 2 is 2.17 bits per heavy atom. The van der Waals surface area contributed by atoms with Crippen LogP contribution in [0.5, 0.6) is 0 Å². The van der Waals surface area contributed by atoms with E-state index >= 15 is 0 Å². The first kappa shape index (κ1) is 15.7. The molecule has 1 atom stereocenters. The third-order valence-corrected chi connectivity index (χ3v) is 4.05. The quantitative estimate of drug-likeness (QED) is 0.943. The second kappa shape index (κ2) is 6.96. The maximum absolute atomic E-state index is 12.6. The lowest BCUT2D eigenvalue weighted by Crippen LogP contribution is -2.48. The predicted molar refractivity (Wildman–Crippen MR) is 88.1 cm³/mol. The van der Waals surface area contributed by atoms with E-state index in [0.717, 1.165) is 18.7 Å². The van der Waals surface area contributed by atoms with Crippen molar-refractivity contribution in [2.45, 2.75) is 26.3 Å². The van der Waals surface area contributed by atoms with Gasteiger partial charge in [-0.1, -0.05) is 49.3 Å². The van der Waals surface area contributed by atoms with Crippen molar-refractivity contribution in [2.75, 3.05) is 19.6 Å². The predicted octanol–water partition coefficient (Wildman–Crippen LogP) is 2.66. The minimum absolute atomic E-state index is 0.0741. The zero-order chi connectivity index (χ0) is 16.2. The summed E-state index contributed by atoms with van der Waals surface area (Å²) in [5.74, 6) is 0.758. The molecule has 122 valence electrons. The highest BCUT2D eigenvalue weighted by atomic mass is 16.5. The molecule has 2 heterocycles. The molecule has 1 aliphatic heterocycles.